The number of nitrogens with one attached hydrogen (secondary N) is 1. The number of hydrogen-bond acceptors (Lipinski definition) is 5. The summed E-state index contributed by atoms with van der Waals surface area (Å²) < 4.78 is 6.01. The number of hydrogen-bond donors (Lipinski definition) is 2. The zero-order valence-electron chi connectivity index (χ0n) is 14.4. The smallest absolute Gasteiger partial charge is 0.330 e. The van der Waals surface area contributed by atoms with Gasteiger partial charge in [-0.3, -0.25) is 4.79 Å². The first-order chi connectivity index (χ1) is 11.4. The molecule has 0 amide bonds. The number of ether oxygens (including phenoxy) is 1. The van der Waals surface area contributed by atoms with Gasteiger partial charge in [0.1, 0.15) is 11.9 Å². The first-order valence-corrected chi connectivity index (χ1v) is 9.02. The van der Waals surface area contributed by atoms with Crippen molar-refractivity contribution in [2.24, 2.45) is 5.92 Å². The summed E-state index contributed by atoms with van der Waals surface area (Å²) in [6.45, 7) is 6.49. The van der Waals surface area contributed by atoms with E-state index in [1.807, 2.05) is 22.6 Å². The van der Waals surface area contributed by atoms with E-state index in [9.17, 15) is 19.5 Å². The zero-order valence-corrected chi connectivity index (χ0v) is 17.3. The van der Waals surface area contributed by atoms with Crippen LogP contribution in [-0.4, -0.2) is 34.5 Å². The Morgan fingerprint density at radius 3 is 2.48 bits per heavy atom. The molecule has 1 aromatic carbocycles. The number of aliphatic carboxylic acids is 1. The van der Waals surface area contributed by atoms with E-state index in [1.165, 1.54) is 6.92 Å². The lowest BCUT2D eigenvalue weighted by Crippen LogP contribution is -2.55. The molecule has 1 aromatic rings. The van der Waals surface area contributed by atoms with Crippen molar-refractivity contribution in [3.63, 3.8) is 0 Å². The van der Waals surface area contributed by atoms with Gasteiger partial charge < -0.3 is 20.0 Å². The van der Waals surface area contributed by atoms with Crippen molar-refractivity contribution in [3.8, 4) is 0 Å². The molecule has 6 nitrogen and oxygen atoms in total. The fourth-order valence-electron chi connectivity index (χ4n) is 2.22. The third-order valence-electron chi connectivity index (χ3n) is 3.57. The van der Waals surface area contributed by atoms with Gasteiger partial charge in [-0.25, -0.2) is 4.79 Å². The fraction of sp³-hybridized carbons (Fsp3) is 0.471. The molecule has 0 radical (unpaired) electrons. The number of carboxylic acid groups (broad SMARTS) is 1. The molecule has 2 N–H and O–H groups in total. The van der Waals surface area contributed by atoms with Gasteiger partial charge in [-0.15, -0.1) is 0 Å². The third kappa shape index (κ3) is 5.57. The summed E-state index contributed by atoms with van der Waals surface area (Å²) in [5.74, 6) is -3.15. The van der Waals surface area contributed by atoms with E-state index in [-0.39, 0.29) is 0 Å². The van der Waals surface area contributed by atoms with Crippen molar-refractivity contribution >= 4 is 58.1 Å². The SMILES string of the molecule is C[C@@H](C(=O)OC(C)(C)C)C(CC=O)(Nc1cc(Cl)ccc1I)C(=O)O. The maximum Gasteiger partial charge on any atom is 0.330 e. The maximum absolute atomic E-state index is 12.5. The second kappa shape index (κ2) is 8.35. The van der Waals surface area contributed by atoms with Crippen LogP contribution in [0.15, 0.2) is 18.2 Å². The summed E-state index contributed by atoms with van der Waals surface area (Å²) in [5, 5.41) is 13.1. The van der Waals surface area contributed by atoms with E-state index >= 15 is 0 Å². The van der Waals surface area contributed by atoms with Crippen molar-refractivity contribution < 1.29 is 24.2 Å². The molecular weight excluding hydrogens is 461 g/mol. The Balaban J connectivity index is 3.34. The first kappa shape index (κ1) is 21.7. The predicted octanol–water partition coefficient (Wildman–Crippen LogP) is 3.75. The summed E-state index contributed by atoms with van der Waals surface area (Å²) in [6, 6.07) is 4.92. The van der Waals surface area contributed by atoms with Gasteiger partial charge in [0, 0.05) is 20.7 Å². The van der Waals surface area contributed by atoms with Gasteiger partial charge in [0.25, 0.3) is 0 Å². The summed E-state index contributed by atoms with van der Waals surface area (Å²) in [5.41, 5.74) is -2.21. The van der Waals surface area contributed by atoms with Crippen LogP contribution in [0.3, 0.4) is 0 Å². The van der Waals surface area contributed by atoms with Crippen molar-refractivity contribution in [2.45, 2.75) is 45.3 Å². The number of carboxylic acids is 1. The van der Waals surface area contributed by atoms with Crippen LogP contribution >= 0.6 is 34.2 Å². The monoisotopic (exact) mass is 481 g/mol. The molecule has 0 bridgehead atoms. The topological polar surface area (TPSA) is 92.7 Å². The highest BCUT2D eigenvalue weighted by molar-refractivity contribution is 14.1. The Bertz CT molecular complexity index is 673. The molecule has 0 aliphatic heterocycles. The Labute approximate surface area is 165 Å². The first-order valence-electron chi connectivity index (χ1n) is 7.56. The fourth-order valence-corrected chi connectivity index (χ4v) is 2.86. The molecule has 138 valence electrons. The van der Waals surface area contributed by atoms with Crippen LogP contribution in [0.4, 0.5) is 5.69 Å². The van der Waals surface area contributed by atoms with Crippen LogP contribution < -0.4 is 5.32 Å². The second-order valence-corrected chi connectivity index (χ2v) is 8.25. The normalized spacial score (nSPS) is 15.0. The maximum atomic E-state index is 12.5. The minimum Gasteiger partial charge on any atom is -0.479 e. The molecule has 0 aromatic heterocycles. The molecule has 0 saturated heterocycles. The number of rotatable bonds is 7. The molecule has 1 unspecified atom stereocenters. The van der Waals surface area contributed by atoms with Crippen molar-refractivity contribution in [2.75, 3.05) is 5.32 Å². The molecule has 0 aliphatic carbocycles. The molecule has 0 fully saturated rings. The third-order valence-corrected chi connectivity index (χ3v) is 4.75. The highest BCUT2D eigenvalue weighted by Gasteiger charge is 2.48. The molecule has 8 heteroatoms. The van der Waals surface area contributed by atoms with E-state index in [4.69, 9.17) is 16.3 Å². The number of benzene rings is 1. The van der Waals surface area contributed by atoms with Gasteiger partial charge in [0.2, 0.25) is 0 Å². The van der Waals surface area contributed by atoms with Crippen LogP contribution in [0.2, 0.25) is 5.02 Å². The van der Waals surface area contributed by atoms with E-state index in [2.05, 4.69) is 5.32 Å². The Morgan fingerprint density at radius 1 is 1.40 bits per heavy atom. The average molecular weight is 482 g/mol. The van der Waals surface area contributed by atoms with Crippen molar-refractivity contribution in [3.05, 3.63) is 26.8 Å². The molecule has 0 saturated carbocycles. The van der Waals surface area contributed by atoms with Crippen molar-refractivity contribution in [1.82, 2.24) is 0 Å². The summed E-state index contributed by atoms with van der Waals surface area (Å²) in [7, 11) is 0. The molecule has 25 heavy (non-hydrogen) atoms. The minimum absolute atomic E-state index is 0.401. The standard InChI is InChI=1S/C17H21ClINO5/c1-10(14(22)25-16(2,3)4)17(7-8-21,15(23)24)20-13-9-11(18)5-6-12(13)19/h5-6,8-10,20H,7H2,1-4H3,(H,23,24)/t10-,17?/m0/s1. The van der Waals surface area contributed by atoms with E-state index in [1.54, 1.807) is 39.0 Å². The van der Waals surface area contributed by atoms with Crippen LogP contribution in [0.5, 0.6) is 0 Å². The van der Waals surface area contributed by atoms with Gasteiger partial charge >= 0.3 is 11.9 Å². The number of esters is 1. The van der Waals surface area contributed by atoms with Gasteiger partial charge in [-0.2, -0.15) is 0 Å². The number of anilines is 1. The Kier molecular flexibility index (Phi) is 7.25. The molecule has 0 spiro atoms. The molecular formula is C17H21ClINO5. The lowest BCUT2D eigenvalue weighted by molar-refractivity contribution is -0.166. The summed E-state index contributed by atoms with van der Waals surface area (Å²) in [4.78, 5) is 35.7. The molecule has 1 rings (SSSR count). The van der Waals surface area contributed by atoms with Gasteiger partial charge in [0.05, 0.1) is 5.92 Å². The van der Waals surface area contributed by atoms with Crippen LogP contribution in [0.25, 0.3) is 0 Å². The molecule has 2 atom stereocenters. The van der Waals surface area contributed by atoms with Crippen LogP contribution in [0.1, 0.15) is 34.1 Å². The van der Waals surface area contributed by atoms with Crippen molar-refractivity contribution in [1.29, 1.82) is 0 Å². The largest absolute Gasteiger partial charge is 0.479 e. The zero-order chi connectivity index (χ0) is 19.4. The van der Waals surface area contributed by atoms with Gasteiger partial charge in [-0.05, 0) is 68.5 Å². The van der Waals surface area contributed by atoms with E-state index in [0.717, 1.165) is 0 Å². The minimum atomic E-state index is -1.85. The lowest BCUT2D eigenvalue weighted by atomic mass is 9.82. The Hall–Kier alpha value is -1.35. The number of carbonyl (C=O) groups is 3. The molecule has 0 heterocycles. The molecule has 0 aliphatic rings. The second-order valence-electron chi connectivity index (χ2n) is 6.65. The van der Waals surface area contributed by atoms with Gasteiger partial charge in [-0.1, -0.05) is 11.6 Å². The van der Waals surface area contributed by atoms with E-state index < -0.39 is 35.4 Å². The van der Waals surface area contributed by atoms with Crippen LogP contribution in [0, 0.1) is 9.49 Å². The Morgan fingerprint density at radius 2 is 2.00 bits per heavy atom. The summed E-state index contributed by atoms with van der Waals surface area (Å²) in [6.07, 6.45) is 0.0603. The highest BCUT2D eigenvalue weighted by Crippen LogP contribution is 2.32. The predicted molar refractivity (Wildman–Crippen MR) is 104 cm³/mol. The lowest BCUT2D eigenvalue weighted by Gasteiger charge is -2.36. The van der Waals surface area contributed by atoms with Gasteiger partial charge in [0.15, 0.2) is 5.54 Å². The average Bonchev–Trinajstić information content (AvgIpc) is 2.47. The number of carbonyl (C=O) groups excluding carboxylic acids is 2. The van der Waals surface area contributed by atoms with E-state index in [0.29, 0.717) is 20.6 Å². The van der Waals surface area contributed by atoms with Crippen LogP contribution in [-0.2, 0) is 19.1 Å². The number of aldehydes is 1. The quantitative estimate of drug-likeness (QED) is 0.350. The number of halogens is 2. The summed E-state index contributed by atoms with van der Waals surface area (Å²) >= 11 is 7.99. The highest BCUT2D eigenvalue weighted by atomic mass is 127.